The fourth-order valence-electron chi connectivity index (χ4n) is 4.27. The smallest absolute Gasteiger partial charge is 0.264 e. The predicted octanol–water partition coefficient (Wildman–Crippen LogP) is 5.26. The number of ether oxygens (including phenoxy) is 2. The fraction of sp³-hybridized carbons (Fsp3) is 0.194. The Bertz CT molecular complexity index is 1840. The molecule has 0 spiro atoms. The number of aryl methyl sites for hydroxylation is 3. The van der Waals surface area contributed by atoms with Crippen LogP contribution in [0.15, 0.2) is 94.7 Å². The maximum absolute atomic E-state index is 13.7. The summed E-state index contributed by atoms with van der Waals surface area (Å²) in [5.74, 6) is 0.143. The average Bonchev–Trinajstić information content (AvgIpc) is 2.97. The molecule has 0 heterocycles. The Morgan fingerprint density at radius 3 is 2.00 bits per heavy atom. The second kappa shape index (κ2) is 12.8. The monoisotopic (exact) mass is 623 g/mol. The van der Waals surface area contributed by atoms with E-state index in [1.165, 1.54) is 56.7 Å². The van der Waals surface area contributed by atoms with E-state index >= 15 is 0 Å². The van der Waals surface area contributed by atoms with Gasteiger partial charge >= 0.3 is 0 Å². The molecule has 12 heteroatoms. The number of benzene rings is 4. The van der Waals surface area contributed by atoms with Gasteiger partial charge < -0.3 is 14.8 Å². The SMILES string of the molecule is COc1ccc(OC)c(NS(=O)(=O)c2ccc(NC(=O)CN(c3cc(C)ccc3C)S(=O)(=O)c3ccc(C)cc3)cc2)c1. The lowest BCUT2D eigenvalue weighted by Crippen LogP contribution is -2.38. The molecule has 0 unspecified atom stereocenters. The zero-order valence-corrected chi connectivity index (χ0v) is 26.0. The quantitative estimate of drug-likeness (QED) is 0.233. The summed E-state index contributed by atoms with van der Waals surface area (Å²) in [7, 11) is -5.23. The van der Waals surface area contributed by atoms with Gasteiger partial charge in [-0.1, -0.05) is 29.8 Å². The third kappa shape index (κ3) is 7.27. The topological polar surface area (TPSA) is 131 Å². The van der Waals surface area contributed by atoms with Crippen molar-refractivity contribution in [2.75, 3.05) is 35.1 Å². The number of sulfonamides is 2. The standard InChI is InChI=1S/C31H33N3O7S2/c1-21-7-13-27(14-8-21)43(38,39)34(29-18-22(2)6-9-23(29)3)20-31(35)32-24-10-15-26(16-11-24)42(36,37)33-28-19-25(40-4)12-17-30(28)41-5/h6-19,33H,20H2,1-5H3,(H,32,35). The van der Waals surface area contributed by atoms with E-state index in [9.17, 15) is 21.6 Å². The van der Waals surface area contributed by atoms with Gasteiger partial charge in [-0.3, -0.25) is 13.8 Å². The van der Waals surface area contributed by atoms with Crippen molar-refractivity contribution in [3.63, 3.8) is 0 Å². The van der Waals surface area contributed by atoms with Crippen LogP contribution in [0.5, 0.6) is 11.5 Å². The Hall–Kier alpha value is -4.55. The van der Waals surface area contributed by atoms with Crippen LogP contribution in [-0.2, 0) is 24.8 Å². The number of amides is 1. The van der Waals surface area contributed by atoms with Crippen molar-refractivity contribution in [3.8, 4) is 11.5 Å². The van der Waals surface area contributed by atoms with Gasteiger partial charge in [-0.05, 0) is 86.5 Å². The molecule has 0 aliphatic carbocycles. The van der Waals surface area contributed by atoms with E-state index in [2.05, 4.69) is 10.0 Å². The Kier molecular flexibility index (Phi) is 9.31. The lowest BCUT2D eigenvalue weighted by atomic mass is 10.1. The molecule has 0 saturated carbocycles. The van der Waals surface area contributed by atoms with Crippen molar-refractivity contribution in [2.24, 2.45) is 0 Å². The highest BCUT2D eigenvalue weighted by Gasteiger charge is 2.28. The summed E-state index contributed by atoms with van der Waals surface area (Å²) in [6, 6.07) is 22.0. The summed E-state index contributed by atoms with van der Waals surface area (Å²) < 4.78 is 67.6. The number of rotatable bonds is 11. The van der Waals surface area contributed by atoms with E-state index in [1.54, 1.807) is 43.3 Å². The summed E-state index contributed by atoms with van der Waals surface area (Å²) in [4.78, 5) is 13.2. The molecule has 0 aliphatic heterocycles. The van der Waals surface area contributed by atoms with Crippen molar-refractivity contribution >= 4 is 43.0 Å². The maximum atomic E-state index is 13.7. The van der Waals surface area contributed by atoms with E-state index in [0.29, 0.717) is 22.7 Å². The van der Waals surface area contributed by atoms with Gasteiger partial charge in [-0.15, -0.1) is 0 Å². The van der Waals surface area contributed by atoms with Crippen LogP contribution in [-0.4, -0.2) is 43.5 Å². The van der Waals surface area contributed by atoms with E-state index in [1.807, 2.05) is 19.9 Å². The molecule has 0 aromatic heterocycles. The highest BCUT2D eigenvalue weighted by Crippen LogP contribution is 2.31. The van der Waals surface area contributed by atoms with Crippen molar-refractivity contribution < 1.29 is 31.1 Å². The first-order chi connectivity index (χ1) is 20.3. The Morgan fingerprint density at radius 2 is 1.37 bits per heavy atom. The number of methoxy groups -OCH3 is 2. The van der Waals surface area contributed by atoms with Gasteiger partial charge in [0, 0.05) is 11.8 Å². The Morgan fingerprint density at radius 1 is 0.744 bits per heavy atom. The molecule has 0 fully saturated rings. The minimum Gasteiger partial charge on any atom is -0.497 e. The molecule has 0 aliphatic rings. The van der Waals surface area contributed by atoms with Crippen molar-refractivity contribution in [3.05, 3.63) is 102 Å². The van der Waals surface area contributed by atoms with E-state index < -0.39 is 32.5 Å². The van der Waals surface area contributed by atoms with Crippen LogP contribution in [0.4, 0.5) is 17.1 Å². The third-order valence-corrected chi connectivity index (χ3v) is 9.78. The van der Waals surface area contributed by atoms with Gasteiger partial charge in [0.05, 0.1) is 35.4 Å². The number of hydrogen-bond acceptors (Lipinski definition) is 7. The van der Waals surface area contributed by atoms with Gasteiger partial charge in [0.2, 0.25) is 5.91 Å². The predicted molar refractivity (Wildman–Crippen MR) is 167 cm³/mol. The molecule has 226 valence electrons. The maximum Gasteiger partial charge on any atom is 0.264 e. The minimum absolute atomic E-state index is 0.0570. The molecule has 0 saturated heterocycles. The van der Waals surface area contributed by atoms with Crippen LogP contribution in [0.1, 0.15) is 16.7 Å². The molecule has 10 nitrogen and oxygen atoms in total. The number of nitrogens with zero attached hydrogens (tertiary/aromatic N) is 1. The first kappa shape index (κ1) is 31.4. The number of hydrogen-bond donors (Lipinski definition) is 2. The van der Waals surface area contributed by atoms with E-state index in [0.717, 1.165) is 15.4 Å². The van der Waals surface area contributed by atoms with Gasteiger partial charge in [-0.25, -0.2) is 16.8 Å². The molecule has 1 amide bonds. The number of carbonyl (C=O) groups excluding carboxylic acids is 1. The minimum atomic E-state index is -4.10. The van der Waals surface area contributed by atoms with Crippen molar-refractivity contribution in [2.45, 2.75) is 30.6 Å². The zero-order chi connectivity index (χ0) is 31.4. The molecule has 0 bridgehead atoms. The summed E-state index contributed by atoms with van der Waals surface area (Å²) >= 11 is 0. The van der Waals surface area contributed by atoms with E-state index in [4.69, 9.17) is 9.47 Å². The van der Waals surface area contributed by atoms with Gasteiger partial charge in [0.15, 0.2) is 0 Å². The van der Waals surface area contributed by atoms with Crippen molar-refractivity contribution in [1.82, 2.24) is 0 Å². The Labute approximate surface area is 252 Å². The summed E-state index contributed by atoms with van der Waals surface area (Å²) in [5.41, 5.74) is 3.29. The van der Waals surface area contributed by atoms with Crippen LogP contribution in [0.2, 0.25) is 0 Å². The van der Waals surface area contributed by atoms with Crippen LogP contribution >= 0.6 is 0 Å². The summed E-state index contributed by atoms with van der Waals surface area (Å²) in [6.07, 6.45) is 0. The molecular weight excluding hydrogens is 590 g/mol. The van der Waals surface area contributed by atoms with Crippen molar-refractivity contribution in [1.29, 1.82) is 0 Å². The molecule has 0 atom stereocenters. The van der Waals surface area contributed by atoms with Crippen LogP contribution in [0, 0.1) is 20.8 Å². The van der Waals surface area contributed by atoms with Gasteiger partial charge in [0.1, 0.15) is 18.0 Å². The number of anilines is 3. The third-order valence-electron chi connectivity index (χ3n) is 6.63. The molecule has 0 radical (unpaired) electrons. The summed E-state index contributed by atoms with van der Waals surface area (Å²) in [5, 5.41) is 2.67. The average molecular weight is 624 g/mol. The second-order valence-electron chi connectivity index (χ2n) is 9.86. The highest BCUT2D eigenvalue weighted by atomic mass is 32.2. The number of nitrogens with one attached hydrogen (secondary N) is 2. The first-order valence-electron chi connectivity index (χ1n) is 13.2. The molecule has 43 heavy (non-hydrogen) atoms. The van der Waals surface area contributed by atoms with E-state index in [-0.39, 0.29) is 21.2 Å². The highest BCUT2D eigenvalue weighted by molar-refractivity contribution is 7.93. The molecule has 4 rings (SSSR count). The summed E-state index contributed by atoms with van der Waals surface area (Å²) in [6.45, 7) is 4.97. The van der Waals surface area contributed by atoms with Gasteiger partial charge in [-0.2, -0.15) is 0 Å². The number of carbonyl (C=O) groups is 1. The molecule has 4 aromatic rings. The zero-order valence-electron chi connectivity index (χ0n) is 24.4. The Balaban J connectivity index is 1.56. The molecule has 2 N–H and O–H groups in total. The van der Waals surface area contributed by atoms with Crippen LogP contribution in [0.25, 0.3) is 0 Å². The lowest BCUT2D eigenvalue weighted by Gasteiger charge is -2.26. The fourth-order valence-corrected chi connectivity index (χ4v) is 6.81. The largest absolute Gasteiger partial charge is 0.497 e. The molecular formula is C31H33N3O7S2. The normalized spacial score (nSPS) is 11.5. The molecule has 4 aromatic carbocycles. The second-order valence-corrected chi connectivity index (χ2v) is 13.4. The first-order valence-corrected chi connectivity index (χ1v) is 16.1. The lowest BCUT2D eigenvalue weighted by molar-refractivity contribution is -0.114. The van der Waals surface area contributed by atoms with Gasteiger partial charge in [0.25, 0.3) is 20.0 Å². The van der Waals surface area contributed by atoms with Crippen LogP contribution < -0.4 is 23.8 Å². The van der Waals surface area contributed by atoms with Crippen LogP contribution in [0.3, 0.4) is 0 Å².